The third kappa shape index (κ3) is 11.9. The number of carbonyl (C=O) groups excluding carboxylic acids is 3. The van der Waals surface area contributed by atoms with Gasteiger partial charge in [0.15, 0.2) is 0 Å². The molecular formula is C10H18N4O5. The van der Waals surface area contributed by atoms with E-state index in [1.54, 1.807) is 0 Å². The monoisotopic (exact) mass is 274 g/mol. The van der Waals surface area contributed by atoms with Crippen LogP contribution in [0.2, 0.25) is 0 Å². The van der Waals surface area contributed by atoms with Crippen LogP contribution in [0.25, 0.3) is 0 Å². The molecule has 0 unspecified atom stereocenters. The van der Waals surface area contributed by atoms with E-state index in [2.05, 4.69) is 16.0 Å². The number of unbranched alkanes of at least 4 members (excludes halogenated alkanes) is 1. The summed E-state index contributed by atoms with van der Waals surface area (Å²) in [5, 5.41) is 15.1. The maximum absolute atomic E-state index is 11.2. The number of hydrogen-bond donors (Lipinski definition) is 5. The fourth-order valence-corrected chi connectivity index (χ4v) is 1.09. The predicted molar refractivity (Wildman–Crippen MR) is 65.1 cm³/mol. The summed E-state index contributed by atoms with van der Waals surface area (Å²) in [5.41, 5.74) is 4.94. The van der Waals surface area contributed by atoms with Crippen LogP contribution in [-0.4, -0.2) is 48.6 Å². The van der Waals surface area contributed by atoms with Gasteiger partial charge in [0.05, 0.1) is 6.54 Å². The van der Waals surface area contributed by atoms with Crippen molar-refractivity contribution in [3.05, 3.63) is 0 Å². The Kier molecular flexibility index (Phi) is 8.50. The summed E-state index contributed by atoms with van der Waals surface area (Å²) in [6.07, 6.45) is 1.44. The normalized spacial score (nSPS) is 9.47. The number of hydrogen-bond acceptors (Lipinski definition) is 4. The predicted octanol–water partition coefficient (Wildman–Crippen LogP) is -1.86. The van der Waals surface area contributed by atoms with E-state index in [0.717, 1.165) is 0 Å². The van der Waals surface area contributed by atoms with Crippen molar-refractivity contribution >= 4 is 23.8 Å². The fraction of sp³-hybridized carbons (Fsp3) is 0.600. The van der Waals surface area contributed by atoms with Crippen LogP contribution < -0.4 is 21.7 Å². The third-order valence-corrected chi connectivity index (χ3v) is 1.98. The summed E-state index contributed by atoms with van der Waals surface area (Å²) < 4.78 is 0. The Balaban J connectivity index is 3.51. The molecule has 0 spiro atoms. The highest BCUT2D eigenvalue weighted by molar-refractivity contribution is 5.86. The fourth-order valence-electron chi connectivity index (χ4n) is 1.09. The van der Waals surface area contributed by atoms with Crippen molar-refractivity contribution in [1.29, 1.82) is 0 Å². The molecule has 9 nitrogen and oxygen atoms in total. The van der Waals surface area contributed by atoms with Crippen LogP contribution in [0.15, 0.2) is 0 Å². The number of rotatable bonds is 9. The third-order valence-electron chi connectivity index (χ3n) is 1.98. The first-order chi connectivity index (χ1) is 8.91. The van der Waals surface area contributed by atoms with Crippen LogP contribution in [0.1, 0.15) is 19.3 Å². The topological polar surface area (TPSA) is 151 Å². The van der Waals surface area contributed by atoms with E-state index >= 15 is 0 Å². The van der Waals surface area contributed by atoms with Gasteiger partial charge >= 0.3 is 12.0 Å². The SMILES string of the molecule is NC(=O)CCCCNC(=O)NCC(=O)NCC(=O)O. The Labute approximate surface area is 109 Å². The van der Waals surface area contributed by atoms with E-state index in [9.17, 15) is 19.2 Å². The van der Waals surface area contributed by atoms with Crippen molar-refractivity contribution in [1.82, 2.24) is 16.0 Å². The Hall–Kier alpha value is -2.32. The largest absolute Gasteiger partial charge is 0.480 e. The van der Waals surface area contributed by atoms with Gasteiger partial charge in [0.25, 0.3) is 0 Å². The summed E-state index contributed by atoms with van der Waals surface area (Å²) >= 11 is 0. The number of urea groups is 1. The van der Waals surface area contributed by atoms with Gasteiger partial charge < -0.3 is 26.8 Å². The molecule has 0 aliphatic heterocycles. The number of carboxylic acids is 1. The van der Waals surface area contributed by atoms with Gasteiger partial charge in [-0.05, 0) is 12.8 Å². The molecule has 0 saturated heterocycles. The Bertz CT molecular complexity index is 345. The molecule has 0 aliphatic rings. The number of aliphatic carboxylic acids is 1. The van der Waals surface area contributed by atoms with Crippen LogP contribution in [0, 0.1) is 0 Å². The number of primary amides is 1. The minimum atomic E-state index is -1.16. The van der Waals surface area contributed by atoms with E-state index in [1.807, 2.05) is 0 Å². The van der Waals surface area contributed by atoms with Crippen molar-refractivity contribution in [2.75, 3.05) is 19.6 Å². The van der Waals surface area contributed by atoms with Crippen molar-refractivity contribution in [2.24, 2.45) is 5.73 Å². The van der Waals surface area contributed by atoms with E-state index < -0.39 is 24.5 Å². The van der Waals surface area contributed by atoms with Gasteiger partial charge in [-0.3, -0.25) is 14.4 Å². The lowest BCUT2D eigenvalue weighted by Crippen LogP contribution is -2.43. The molecule has 0 rings (SSSR count). The van der Waals surface area contributed by atoms with Gasteiger partial charge in [0, 0.05) is 13.0 Å². The second-order valence-electron chi connectivity index (χ2n) is 3.70. The molecule has 0 aromatic rings. The van der Waals surface area contributed by atoms with Crippen LogP contribution in [0.4, 0.5) is 4.79 Å². The van der Waals surface area contributed by atoms with Gasteiger partial charge in [-0.25, -0.2) is 4.79 Å². The average molecular weight is 274 g/mol. The molecule has 0 fully saturated rings. The zero-order chi connectivity index (χ0) is 14.7. The molecule has 0 atom stereocenters. The molecule has 0 heterocycles. The minimum Gasteiger partial charge on any atom is -0.480 e. The zero-order valence-electron chi connectivity index (χ0n) is 10.4. The number of nitrogens with one attached hydrogen (secondary N) is 3. The smallest absolute Gasteiger partial charge is 0.322 e. The molecule has 0 aromatic heterocycles. The molecule has 19 heavy (non-hydrogen) atoms. The van der Waals surface area contributed by atoms with Crippen molar-refractivity contribution in [3.63, 3.8) is 0 Å². The minimum absolute atomic E-state index is 0.265. The quantitative estimate of drug-likeness (QED) is 0.312. The highest BCUT2D eigenvalue weighted by atomic mass is 16.4. The summed E-state index contributed by atoms with van der Waals surface area (Å²) in [7, 11) is 0. The lowest BCUT2D eigenvalue weighted by atomic mass is 10.2. The van der Waals surface area contributed by atoms with Gasteiger partial charge in [-0.15, -0.1) is 0 Å². The van der Waals surface area contributed by atoms with Crippen molar-refractivity contribution < 1.29 is 24.3 Å². The lowest BCUT2D eigenvalue weighted by molar-refractivity contribution is -0.137. The van der Waals surface area contributed by atoms with Crippen molar-refractivity contribution in [2.45, 2.75) is 19.3 Å². The molecule has 0 bridgehead atoms. The first-order valence-electron chi connectivity index (χ1n) is 5.70. The van der Waals surface area contributed by atoms with Crippen LogP contribution in [-0.2, 0) is 14.4 Å². The standard InChI is InChI=1S/C10H18N4O5/c11-7(15)3-1-2-4-12-10(19)14-5-8(16)13-6-9(17)18/h1-6H2,(H2,11,15)(H,13,16)(H,17,18)(H2,12,14,19). The van der Waals surface area contributed by atoms with Gasteiger partial charge in [0.1, 0.15) is 6.54 Å². The van der Waals surface area contributed by atoms with Crippen LogP contribution in [0.3, 0.4) is 0 Å². The number of carbonyl (C=O) groups is 4. The Morgan fingerprint density at radius 3 is 2.21 bits per heavy atom. The summed E-state index contributed by atoms with van der Waals surface area (Å²) in [5.74, 6) is -2.14. The van der Waals surface area contributed by atoms with E-state index in [4.69, 9.17) is 10.8 Å². The van der Waals surface area contributed by atoms with Gasteiger partial charge in [-0.1, -0.05) is 0 Å². The first kappa shape index (κ1) is 16.7. The maximum Gasteiger partial charge on any atom is 0.322 e. The summed E-state index contributed by atoms with van der Waals surface area (Å²) in [6, 6.07) is -0.537. The van der Waals surface area contributed by atoms with Gasteiger partial charge in [-0.2, -0.15) is 0 Å². The van der Waals surface area contributed by atoms with Crippen molar-refractivity contribution in [3.8, 4) is 0 Å². The first-order valence-corrected chi connectivity index (χ1v) is 5.70. The second kappa shape index (κ2) is 9.68. The molecule has 108 valence electrons. The van der Waals surface area contributed by atoms with E-state index in [1.165, 1.54) is 0 Å². The van der Waals surface area contributed by atoms with E-state index in [0.29, 0.717) is 19.4 Å². The zero-order valence-corrected chi connectivity index (χ0v) is 10.4. The number of amides is 4. The van der Waals surface area contributed by atoms with Crippen LogP contribution in [0.5, 0.6) is 0 Å². The Morgan fingerprint density at radius 1 is 0.947 bits per heavy atom. The second-order valence-corrected chi connectivity index (χ2v) is 3.70. The van der Waals surface area contributed by atoms with Crippen LogP contribution >= 0.6 is 0 Å². The average Bonchev–Trinajstić information content (AvgIpc) is 2.33. The molecule has 6 N–H and O–H groups in total. The lowest BCUT2D eigenvalue weighted by Gasteiger charge is -2.07. The highest BCUT2D eigenvalue weighted by Gasteiger charge is 2.06. The number of nitrogens with two attached hydrogens (primary N) is 1. The molecular weight excluding hydrogens is 256 g/mol. The molecule has 4 amide bonds. The van der Waals surface area contributed by atoms with E-state index in [-0.39, 0.29) is 18.9 Å². The summed E-state index contributed by atoms with van der Waals surface area (Å²) in [6.45, 7) is -0.439. The Morgan fingerprint density at radius 2 is 1.63 bits per heavy atom. The molecule has 0 aliphatic carbocycles. The highest BCUT2D eigenvalue weighted by Crippen LogP contribution is 1.91. The molecule has 9 heteroatoms. The molecule has 0 saturated carbocycles. The maximum atomic E-state index is 11.2. The summed E-state index contributed by atoms with van der Waals surface area (Å²) in [4.78, 5) is 42.8. The molecule has 0 aromatic carbocycles. The number of carboxylic acid groups (broad SMARTS) is 1. The van der Waals surface area contributed by atoms with Gasteiger partial charge in [0.2, 0.25) is 11.8 Å². The molecule has 0 radical (unpaired) electrons.